The number of methoxy groups -OCH3 is 1. The van der Waals surface area contributed by atoms with Gasteiger partial charge in [-0.2, -0.15) is 0 Å². The second-order valence-electron chi connectivity index (χ2n) is 9.78. The molecule has 0 aliphatic carbocycles. The van der Waals surface area contributed by atoms with Gasteiger partial charge in [0.25, 0.3) is 10.0 Å². The standard InChI is InChI=1S/C30H27F2N5O5S/c1-19(38)3-8-29(39)37-13-11-36(12-14-37)27-9-10-33-25-7-4-20(15-23(25)27)21-16-26(30(42-2)34-18-21)35-43(40,41)28-17-22(31)5-6-24(28)32/h3-10,15-18,35H,11-14H2,1-2H3/b8-3+. The van der Waals surface area contributed by atoms with E-state index < -0.39 is 26.6 Å². The first kappa shape index (κ1) is 29.6. The van der Waals surface area contributed by atoms with Crippen LogP contribution in [0.15, 0.2) is 78.0 Å². The molecule has 13 heteroatoms. The van der Waals surface area contributed by atoms with E-state index in [0.717, 1.165) is 28.7 Å². The number of benzene rings is 2. The second-order valence-corrected chi connectivity index (χ2v) is 11.4. The fourth-order valence-corrected chi connectivity index (χ4v) is 5.92. The lowest BCUT2D eigenvalue weighted by molar-refractivity contribution is -0.126. The Morgan fingerprint density at radius 2 is 1.72 bits per heavy atom. The summed E-state index contributed by atoms with van der Waals surface area (Å²) in [5.74, 6) is -2.47. The number of allylic oxidation sites excluding steroid dienone is 1. The van der Waals surface area contributed by atoms with Crippen molar-refractivity contribution in [1.82, 2.24) is 14.9 Å². The molecule has 2 aromatic heterocycles. The molecule has 1 amide bonds. The lowest BCUT2D eigenvalue weighted by atomic mass is 10.0. The van der Waals surface area contributed by atoms with Gasteiger partial charge in [-0.1, -0.05) is 6.07 Å². The summed E-state index contributed by atoms with van der Waals surface area (Å²) in [4.78, 5) is 35.3. The summed E-state index contributed by atoms with van der Waals surface area (Å²) in [5, 5.41) is 0.830. The molecule has 5 rings (SSSR count). The largest absolute Gasteiger partial charge is 0.480 e. The first-order valence-electron chi connectivity index (χ1n) is 13.2. The smallest absolute Gasteiger partial charge is 0.265 e. The highest BCUT2D eigenvalue weighted by Crippen LogP contribution is 2.34. The lowest BCUT2D eigenvalue weighted by Crippen LogP contribution is -2.48. The summed E-state index contributed by atoms with van der Waals surface area (Å²) in [6.07, 6.45) is 5.77. The number of nitrogens with one attached hydrogen (secondary N) is 1. The zero-order valence-corrected chi connectivity index (χ0v) is 24.1. The molecule has 1 aliphatic heterocycles. The van der Waals surface area contributed by atoms with Crippen molar-refractivity contribution in [3.63, 3.8) is 0 Å². The van der Waals surface area contributed by atoms with Gasteiger partial charge in [-0.15, -0.1) is 0 Å². The van der Waals surface area contributed by atoms with Crippen molar-refractivity contribution < 1.29 is 31.5 Å². The van der Waals surface area contributed by atoms with Crippen LogP contribution in [0.3, 0.4) is 0 Å². The van der Waals surface area contributed by atoms with E-state index in [2.05, 4.69) is 19.6 Å². The third-order valence-corrected chi connectivity index (χ3v) is 8.30. The Bertz CT molecular complexity index is 1860. The van der Waals surface area contributed by atoms with Gasteiger partial charge in [0.05, 0.1) is 12.6 Å². The minimum Gasteiger partial charge on any atom is -0.480 e. The third-order valence-electron chi connectivity index (χ3n) is 6.92. The van der Waals surface area contributed by atoms with Crippen LogP contribution < -0.4 is 14.4 Å². The molecule has 0 unspecified atom stereocenters. The molecule has 0 radical (unpaired) electrons. The highest BCUT2D eigenvalue weighted by molar-refractivity contribution is 7.92. The van der Waals surface area contributed by atoms with Crippen LogP contribution in [-0.2, 0) is 19.6 Å². The highest BCUT2D eigenvalue weighted by Gasteiger charge is 2.24. The monoisotopic (exact) mass is 607 g/mol. The van der Waals surface area contributed by atoms with E-state index >= 15 is 0 Å². The maximum Gasteiger partial charge on any atom is 0.265 e. The van der Waals surface area contributed by atoms with Crippen molar-refractivity contribution in [2.75, 3.05) is 42.9 Å². The molecule has 1 saturated heterocycles. The van der Waals surface area contributed by atoms with Gasteiger partial charge in [-0.25, -0.2) is 22.2 Å². The molecular weight excluding hydrogens is 580 g/mol. The molecule has 0 spiro atoms. The number of carbonyl (C=O) groups is 2. The Labute approximate surface area is 246 Å². The minimum atomic E-state index is -4.52. The maximum absolute atomic E-state index is 14.3. The van der Waals surface area contributed by atoms with Crippen LogP contribution in [0.1, 0.15) is 6.92 Å². The number of fused-ring (bicyclic) bond motifs is 1. The van der Waals surface area contributed by atoms with E-state index in [1.54, 1.807) is 11.1 Å². The van der Waals surface area contributed by atoms with Gasteiger partial charge >= 0.3 is 0 Å². The Morgan fingerprint density at radius 3 is 2.44 bits per heavy atom. The number of hydrogen-bond donors (Lipinski definition) is 1. The molecule has 1 aliphatic rings. The van der Waals surface area contributed by atoms with Crippen molar-refractivity contribution in [2.24, 2.45) is 0 Å². The summed E-state index contributed by atoms with van der Waals surface area (Å²) in [6.45, 7) is 3.47. The van der Waals surface area contributed by atoms with Crippen LogP contribution >= 0.6 is 0 Å². The summed E-state index contributed by atoms with van der Waals surface area (Å²) < 4.78 is 61.4. The summed E-state index contributed by atoms with van der Waals surface area (Å²) in [6, 6.07) is 11.1. The molecule has 2 aromatic carbocycles. The lowest BCUT2D eigenvalue weighted by Gasteiger charge is -2.36. The predicted octanol–water partition coefficient (Wildman–Crippen LogP) is 4.18. The molecule has 0 saturated carbocycles. The number of sulfonamides is 1. The first-order valence-corrected chi connectivity index (χ1v) is 14.7. The van der Waals surface area contributed by atoms with Crippen molar-refractivity contribution in [3.05, 3.63) is 84.7 Å². The highest BCUT2D eigenvalue weighted by atomic mass is 32.2. The van der Waals surface area contributed by atoms with E-state index in [4.69, 9.17) is 4.74 Å². The van der Waals surface area contributed by atoms with Crippen LogP contribution in [0.25, 0.3) is 22.0 Å². The number of carbonyl (C=O) groups excluding carboxylic acids is 2. The van der Waals surface area contributed by atoms with Gasteiger partial charge in [0, 0.05) is 61.3 Å². The van der Waals surface area contributed by atoms with Gasteiger partial charge in [0.1, 0.15) is 22.2 Å². The fourth-order valence-electron chi connectivity index (χ4n) is 4.78. The molecule has 1 fully saturated rings. The van der Waals surface area contributed by atoms with E-state index in [1.807, 2.05) is 24.3 Å². The molecule has 4 aromatic rings. The average Bonchev–Trinajstić information content (AvgIpc) is 3.00. The molecule has 222 valence electrons. The number of ether oxygens (including phenoxy) is 1. The third kappa shape index (κ3) is 6.46. The molecule has 43 heavy (non-hydrogen) atoms. The number of piperazine rings is 1. The number of hydrogen-bond acceptors (Lipinski definition) is 8. The SMILES string of the molecule is COc1ncc(-c2ccc3nccc(N4CCN(C(=O)/C=C/C(C)=O)CC4)c3c2)cc1NS(=O)(=O)c1cc(F)ccc1F. The van der Waals surface area contributed by atoms with Crippen LogP contribution in [0.5, 0.6) is 5.88 Å². The topological polar surface area (TPSA) is 122 Å². The Hall–Kier alpha value is -4.91. The van der Waals surface area contributed by atoms with Crippen LogP contribution in [0.2, 0.25) is 0 Å². The van der Waals surface area contributed by atoms with Crippen molar-refractivity contribution in [2.45, 2.75) is 11.8 Å². The number of aromatic nitrogens is 2. The van der Waals surface area contributed by atoms with Crippen LogP contribution in [0.4, 0.5) is 20.2 Å². The Balaban J connectivity index is 1.44. The van der Waals surface area contributed by atoms with Crippen molar-refractivity contribution >= 4 is 44.0 Å². The quantitative estimate of drug-likeness (QED) is 0.296. The van der Waals surface area contributed by atoms with E-state index in [1.165, 1.54) is 38.4 Å². The molecule has 1 N–H and O–H groups in total. The fraction of sp³-hybridized carbons (Fsp3) is 0.200. The second kappa shape index (κ2) is 12.1. The van der Waals surface area contributed by atoms with Gasteiger partial charge in [0.2, 0.25) is 11.8 Å². The summed E-state index contributed by atoms with van der Waals surface area (Å²) >= 11 is 0. The Morgan fingerprint density at radius 1 is 0.953 bits per heavy atom. The molecule has 0 atom stereocenters. The van der Waals surface area contributed by atoms with E-state index in [9.17, 15) is 26.8 Å². The summed E-state index contributed by atoms with van der Waals surface area (Å²) in [5.41, 5.74) is 2.80. The van der Waals surface area contributed by atoms with Crippen molar-refractivity contribution in [1.29, 1.82) is 0 Å². The van der Waals surface area contributed by atoms with E-state index in [0.29, 0.717) is 43.4 Å². The minimum absolute atomic E-state index is 0.0575. The van der Waals surface area contributed by atoms with Gasteiger partial charge in [-0.3, -0.25) is 19.3 Å². The molecule has 3 heterocycles. The number of halogens is 2. The van der Waals surface area contributed by atoms with Gasteiger partial charge in [-0.05, 0) is 61.0 Å². The number of anilines is 2. The molecular formula is C30H27F2N5O5S. The average molecular weight is 608 g/mol. The predicted molar refractivity (Wildman–Crippen MR) is 157 cm³/mol. The summed E-state index contributed by atoms with van der Waals surface area (Å²) in [7, 11) is -3.21. The number of amides is 1. The normalized spacial score (nSPS) is 13.9. The number of rotatable bonds is 8. The molecule has 10 nitrogen and oxygen atoms in total. The first-order chi connectivity index (χ1) is 20.6. The van der Waals surface area contributed by atoms with Gasteiger partial charge < -0.3 is 14.5 Å². The van der Waals surface area contributed by atoms with Crippen LogP contribution in [-0.4, -0.2) is 68.3 Å². The number of ketones is 1. The zero-order valence-electron chi connectivity index (χ0n) is 23.3. The zero-order chi connectivity index (χ0) is 30.7. The van der Waals surface area contributed by atoms with Gasteiger partial charge in [0.15, 0.2) is 5.78 Å². The molecule has 0 bridgehead atoms. The number of nitrogens with zero attached hydrogens (tertiary/aromatic N) is 4. The number of pyridine rings is 2. The van der Waals surface area contributed by atoms with E-state index in [-0.39, 0.29) is 23.3 Å². The Kier molecular flexibility index (Phi) is 8.35. The van der Waals surface area contributed by atoms with Crippen molar-refractivity contribution in [3.8, 4) is 17.0 Å². The van der Waals surface area contributed by atoms with Crippen LogP contribution in [0, 0.1) is 11.6 Å². The maximum atomic E-state index is 14.3.